The van der Waals surface area contributed by atoms with E-state index in [2.05, 4.69) is 27.5 Å². The van der Waals surface area contributed by atoms with Gasteiger partial charge in [0.1, 0.15) is 0 Å². The van der Waals surface area contributed by atoms with E-state index in [1.54, 1.807) is 11.3 Å². The maximum atomic E-state index is 6.19. The Morgan fingerprint density at radius 1 is 1.28 bits per heavy atom. The Hall–Kier alpha value is -1.06. The summed E-state index contributed by atoms with van der Waals surface area (Å²) in [4.78, 5) is 11.1. The Kier molecular flexibility index (Phi) is 10.1. The molecular weight excluding hydrogens is 469 g/mol. The van der Waals surface area contributed by atoms with Gasteiger partial charge in [0.05, 0.1) is 12.2 Å². The second kappa shape index (κ2) is 11.5. The summed E-state index contributed by atoms with van der Waals surface area (Å²) in [7, 11) is 3.98. The fourth-order valence-corrected chi connectivity index (χ4v) is 3.07. The van der Waals surface area contributed by atoms with Crippen LogP contribution in [0.5, 0.6) is 0 Å². The topological polar surface area (TPSA) is 52.6 Å². The third kappa shape index (κ3) is 7.37. The quantitative estimate of drug-likeness (QED) is 0.350. The fourth-order valence-electron chi connectivity index (χ4n) is 2.09. The average molecular weight is 494 g/mol. The minimum atomic E-state index is 0. The fraction of sp³-hybridized carbons (Fsp3) is 0.412. The summed E-state index contributed by atoms with van der Waals surface area (Å²) in [5, 5.41) is 10.4. The third-order valence-corrected chi connectivity index (χ3v) is 4.74. The highest BCUT2D eigenvalue weighted by molar-refractivity contribution is 14.0. The molecule has 0 spiro atoms. The molecule has 0 atom stereocenters. The van der Waals surface area contributed by atoms with E-state index in [0.29, 0.717) is 6.54 Å². The van der Waals surface area contributed by atoms with Crippen molar-refractivity contribution in [1.82, 2.24) is 15.6 Å². The van der Waals surface area contributed by atoms with Crippen molar-refractivity contribution >= 4 is 58.0 Å². The highest BCUT2D eigenvalue weighted by atomic mass is 127. The molecule has 2 rings (SSSR count). The molecule has 138 valence electrons. The van der Waals surface area contributed by atoms with E-state index < -0.39 is 0 Å². The molecule has 0 unspecified atom stereocenters. The molecule has 0 saturated heterocycles. The van der Waals surface area contributed by atoms with Crippen LogP contribution in [0.4, 0.5) is 5.13 Å². The monoisotopic (exact) mass is 493 g/mol. The number of rotatable bonds is 7. The SMILES string of the molecule is CCNC(=NCc1csc(N(C)C)n1)NCCc1ccccc1Cl.I. The average Bonchev–Trinajstić information content (AvgIpc) is 3.03. The van der Waals surface area contributed by atoms with Crippen molar-refractivity contribution in [3.8, 4) is 0 Å². The van der Waals surface area contributed by atoms with E-state index in [-0.39, 0.29) is 24.0 Å². The van der Waals surface area contributed by atoms with Crippen LogP contribution in [0.1, 0.15) is 18.2 Å². The van der Waals surface area contributed by atoms with Crippen molar-refractivity contribution in [3.63, 3.8) is 0 Å². The van der Waals surface area contributed by atoms with Crippen LogP contribution < -0.4 is 15.5 Å². The van der Waals surface area contributed by atoms with Gasteiger partial charge < -0.3 is 15.5 Å². The van der Waals surface area contributed by atoms with E-state index in [4.69, 9.17) is 11.6 Å². The molecule has 1 aromatic heterocycles. The number of anilines is 1. The van der Waals surface area contributed by atoms with Gasteiger partial charge in [0.2, 0.25) is 0 Å². The Labute approximate surface area is 175 Å². The first-order chi connectivity index (χ1) is 11.6. The van der Waals surface area contributed by atoms with Crippen molar-refractivity contribution in [2.24, 2.45) is 4.99 Å². The van der Waals surface area contributed by atoms with Crippen LogP contribution in [0.25, 0.3) is 0 Å². The molecule has 0 aliphatic heterocycles. The highest BCUT2D eigenvalue weighted by Crippen LogP contribution is 2.18. The predicted molar refractivity (Wildman–Crippen MR) is 120 cm³/mol. The number of nitrogens with one attached hydrogen (secondary N) is 2. The smallest absolute Gasteiger partial charge is 0.191 e. The molecule has 0 fully saturated rings. The second-order valence-corrected chi connectivity index (χ2v) is 6.72. The highest BCUT2D eigenvalue weighted by Gasteiger charge is 2.04. The number of hydrogen-bond donors (Lipinski definition) is 2. The maximum absolute atomic E-state index is 6.19. The van der Waals surface area contributed by atoms with Gasteiger partial charge >= 0.3 is 0 Å². The van der Waals surface area contributed by atoms with Gasteiger partial charge in [-0.2, -0.15) is 0 Å². The summed E-state index contributed by atoms with van der Waals surface area (Å²) in [6, 6.07) is 7.92. The van der Waals surface area contributed by atoms with Gasteiger partial charge in [-0.1, -0.05) is 29.8 Å². The number of halogens is 2. The van der Waals surface area contributed by atoms with Gasteiger partial charge in [-0.3, -0.25) is 0 Å². The summed E-state index contributed by atoms with van der Waals surface area (Å²) in [6.45, 7) is 4.21. The molecule has 0 aliphatic carbocycles. The molecule has 0 radical (unpaired) electrons. The van der Waals surface area contributed by atoms with Crippen LogP contribution in [0.15, 0.2) is 34.6 Å². The van der Waals surface area contributed by atoms with E-state index >= 15 is 0 Å². The van der Waals surface area contributed by atoms with Gasteiger partial charge in [-0.25, -0.2) is 9.98 Å². The van der Waals surface area contributed by atoms with Crippen LogP contribution in [0.2, 0.25) is 5.02 Å². The molecule has 0 aliphatic rings. The van der Waals surface area contributed by atoms with Crippen molar-refractivity contribution in [2.45, 2.75) is 19.9 Å². The van der Waals surface area contributed by atoms with Gasteiger partial charge in [-0.05, 0) is 25.0 Å². The lowest BCUT2D eigenvalue weighted by atomic mass is 10.1. The molecule has 0 amide bonds. The molecule has 2 aromatic rings. The normalized spacial score (nSPS) is 11.0. The zero-order chi connectivity index (χ0) is 17.4. The first-order valence-corrected chi connectivity index (χ1v) is 9.23. The number of hydrogen-bond acceptors (Lipinski definition) is 4. The minimum Gasteiger partial charge on any atom is -0.357 e. The van der Waals surface area contributed by atoms with E-state index in [0.717, 1.165) is 46.9 Å². The zero-order valence-electron chi connectivity index (χ0n) is 14.8. The number of nitrogens with zero attached hydrogens (tertiary/aromatic N) is 3. The molecule has 1 aromatic carbocycles. The summed E-state index contributed by atoms with van der Waals surface area (Å²) in [5.41, 5.74) is 2.12. The third-order valence-electron chi connectivity index (χ3n) is 3.31. The Morgan fingerprint density at radius 2 is 2.04 bits per heavy atom. The lowest BCUT2D eigenvalue weighted by Gasteiger charge is -2.11. The van der Waals surface area contributed by atoms with Gasteiger partial charge in [0.15, 0.2) is 11.1 Å². The number of guanidine groups is 1. The number of aliphatic imine (C=N–C) groups is 1. The lowest BCUT2D eigenvalue weighted by molar-refractivity contribution is 0.797. The molecule has 2 N–H and O–H groups in total. The number of thiazole rings is 1. The van der Waals surface area contributed by atoms with Crippen LogP contribution in [0.3, 0.4) is 0 Å². The molecule has 8 heteroatoms. The van der Waals surface area contributed by atoms with Crippen molar-refractivity contribution < 1.29 is 0 Å². The second-order valence-electron chi connectivity index (χ2n) is 5.48. The van der Waals surface area contributed by atoms with Gasteiger partial charge in [0, 0.05) is 37.6 Å². The Balaban J connectivity index is 0.00000312. The zero-order valence-corrected chi connectivity index (χ0v) is 18.7. The predicted octanol–water partition coefficient (Wildman–Crippen LogP) is 3.78. The molecular formula is C17H25ClIN5S. The lowest BCUT2D eigenvalue weighted by Crippen LogP contribution is -2.38. The van der Waals surface area contributed by atoms with Crippen molar-refractivity contribution in [2.75, 3.05) is 32.1 Å². The first kappa shape index (κ1) is 22.0. The largest absolute Gasteiger partial charge is 0.357 e. The Morgan fingerprint density at radius 3 is 2.68 bits per heavy atom. The Bertz CT molecular complexity index is 675. The maximum Gasteiger partial charge on any atom is 0.191 e. The molecule has 25 heavy (non-hydrogen) atoms. The summed E-state index contributed by atoms with van der Waals surface area (Å²) in [6.07, 6.45) is 0.853. The van der Waals surface area contributed by atoms with Crippen molar-refractivity contribution in [1.29, 1.82) is 0 Å². The standard InChI is InChI=1S/C17H24ClN5S.HI/c1-4-19-16(20-10-9-13-7-5-6-8-15(13)18)21-11-14-12-24-17(22-14)23(2)3;/h5-8,12H,4,9-11H2,1-3H3,(H2,19,20,21);1H. The number of benzene rings is 1. The first-order valence-electron chi connectivity index (χ1n) is 7.97. The summed E-state index contributed by atoms with van der Waals surface area (Å²) in [5.74, 6) is 0.795. The summed E-state index contributed by atoms with van der Waals surface area (Å²) < 4.78 is 0. The van der Waals surface area contributed by atoms with Crippen molar-refractivity contribution in [3.05, 3.63) is 45.9 Å². The van der Waals surface area contributed by atoms with Crippen LogP contribution in [-0.2, 0) is 13.0 Å². The van der Waals surface area contributed by atoms with Crippen LogP contribution in [-0.4, -0.2) is 38.1 Å². The molecule has 0 bridgehead atoms. The molecule has 1 heterocycles. The molecule has 5 nitrogen and oxygen atoms in total. The van der Waals surface area contributed by atoms with Crippen LogP contribution in [0, 0.1) is 0 Å². The summed E-state index contributed by atoms with van der Waals surface area (Å²) >= 11 is 7.81. The van der Waals surface area contributed by atoms with E-state index in [1.807, 2.05) is 48.6 Å². The van der Waals surface area contributed by atoms with E-state index in [1.165, 1.54) is 0 Å². The van der Waals surface area contributed by atoms with Gasteiger partial charge in [0.25, 0.3) is 0 Å². The number of aromatic nitrogens is 1. The molecule has 0 saturated carbocycles. The minimum absolute atomic E-state index is 0. The van der Waals surface area contributed by atoms with Gasteiger partial charge in [-0.15, -0.1) is 35.3 Å². The van der Waals surface area contributed by atoms with Crippen LogP contribution >= 0.6 is 46.9 Å². The van der Waals surface area contributed by atoms with E-state index in [9.17, 15) is 0 Å².